The summed E-state index contributed by atoms with van der Waals surface area (Å²) >= 11 is 6.26. The van der Waals surface area contributed by atoms with E-state index in [0.717, 1.165) is 18.1 Å². The number of rotatable bonds is 0. The van der Waals surface area contributed by atoms with Gasteiger partial charge in [0.05, 0.1) is 5.41 Å². The second kappa shape index (κ2) is 4.24. The van der Waals surface area contributed by atoms with E-state index >= 15 is 0 Å². The third-order valence-corrected chi connectivity index (χ3v) is 5.19. The van der Waals surface area contributed by atoms with Gasteiger partial charge in [0.25, 0.3) is 0 Å². The van der Waals surface area contributed by atoms with Crippen molar-refractivity contribution < 1.29 is 0 Å². The summed E-state index contributed by atoms with van der Waals surface area (Å²) in [5, 5.41) is 0.865. The molecule has 0 amide bonds. The summed E-state index contributed by atoms with van der Waals surface area (Å²) in [6.07, 6.45) is 7.66. The fourth-order valence-electron chi connectivity index (χ4n) is 4.14. The van der Waals surface area contributed by atoms with E-state index < -0.39 is 0 Å². The second-order valence-corrected chi connectivity index (χ2v) is 6.45. The molecule has 0 atom stereocenters. The molecular weight excluding hydrogens is 256 g/mol. The summed E-state index contributed by atoms with van der Waals surface area (Å²) in [4.78, 5) is 7.37. The van der Waals surface area contributed by atoms with Gasteiger partial charge in [-0.15, -0.1) is 0 Å². The molecule has 1 aromatic carbocycles. The van der Waals surface area contributed by atoms with Crippen LogP contribution in [0.3, 0.4) is 0 Å². The van der Waals surface area contributed by atoms with Crippen molar-refractivity contribution in [2.24, 2.45) is 4.99 Å². The first-order valence-electron chi connectivity index (χ1n) is 7.44. The van der Waals surface area contributed by atoms with E-state index in [9.17, 15) is 0 Å². The van der Waals surface area contributed by atoms with Crippen molar-refractivity contribution in [3.63, 3.8) is 0 Å². The van der Waals surface area contributed by atoms with Gasteiger partial charge in [-0.1, -0.05) is 30.9 Å². The maximum atomic E-state index is 6.26. The zero-order valence-electron chi connectivity index (χ0n) is 11.2. The number of anilines is 1. The molecule has 0 N–H and O–H groups in total. The fourth-order valence-corrected chi connectivity index (χ4v) is 4.32. The first-order valence-corrected chi connectivity index (χ1v) is 7.82. The van der Waals surface area contributed by atoms with Crippen molar-refractivity contribution in [2.45, 2.75) is 43.9 Å². The third kappa shape index (κ3) is 1.59. The summed E-state index contributed by atoms with van der Waals surface area (Å²) in [6.45, 7) is 2.12. The molecule has 1 aliphatic carbocycles. The highest BCUT2D eigenvalue weighted by atomic mass is 35.5. The monoisotopic (exact) mass is 274 g/mol. The standard InChI is InChI=1S/C16H19ClN2/c17-12-5-6-14-13(11-12)16(7-2-1-3-8-16)15-18-9-4-10-19(14)15/h5-6,11H,1-4,7-10H2. The maximum absolute atomic E-state index is 6.26. The Bertz CT molecular complexity index is 544. The van der Waals surface area contributed by atoms with Crippen LogP contribution in [0.5, 0.6) is 0 Å². The molecule has 19 heavy (non-hydrogen) atoms. The Morgan fingerprint density at radius 3 is 2.79 bits per heavy atom. The molecule has 2 aliphatic heterocycles. The van der Waals surface area contributed by atoms with Crippen LogP contribution in [0, 0.1) is 0 Å². The largest absolute Gasteiger partial charge is 0.329 e. The highest BCUT2D eigenvalue weighted by Gasteiger charge is 2.49. The molecule has 3 aliphatic rings. The number of amidine groups is 1. The first kappa shape index (κ1) is 11.8. The van der Waals surface area contributed by atoms with E-state index in [0.29, 0.717) is 0 Å². The normalized spacial score (nSPS) is 24.1. The van der Waals surface area contributed by atoms with Crippen molar-refractivity contribution in [3.05, 3.63) is 28.8 Å². The smallest absolute Gasteiger partial charge is 0.114 e. The number of benzene rings is 1. The van der Waals surface area contributed by atoms with Crippen molar-refractivity contribution in [2.75, 3.05) is 18.0 Å². The number of nitrogens with zero attached hydrogens (tertiary/aromatic N) is 2. The lowest BCUT2D eigenvalue weighted by Gasteiger charge is -2.37. The van der Waals surface area contributed by atoms with E-state index in [2.05, 4.69) is 17.0 Å². The van der Waals surface area contributed by atoms with Gasteiger partial charge >= 0.3 is 0 Å². The molecule has 0 saturated heterocycles. The van der Waals surface area contributed by atoms with Gasteiger partial charge in [-0.25, -0.2) is 0 Å². The van der Waals surface area contributed by atoms with Gasteiger partial charge in [-0.3, -0.25) is 4.99 Å². The highest BCUT2D eigenvalue weighted by molar-refractivity contribution is 6.31. The van der Waals surface area contributed by atoms with Gasteiger partial charge in [0.2, 0.25) is 0 Å². The van der Waals surface area contributed by atoms with E-state index in [4.69, 9.17) is 16.6 Å². The Morgan fingerprint density at radius 2 is 1.95 bits per heavy atom. The molecule has 4 rings (SSSR count). The number of hydrogen-bond acceptors (Lipinski definition) is 2. The Balaban J connectivity index is 1.93. The number of aliphatic imine (C=N–C) groups is 1. The lowest BCUT2D eigenvalue weighted by atomic mass is 9.70. The summed E-state index contributed by atoms with van der Waals surface area (Å²) in [5.41, 5.74) is 2.99. The summed E-state index contributed by atoms with van der Waals surface area (Å²) in [7, 11) is 0. The van der Waals surface area contributed by atoms with E-state index in [1.807, 2.05) is 6.07 Å². The van der Waals surface area contributed by atoms with Crippen LogP contribution in [0.4, 0.5) is 5.69 Å². The molecule has 3 heteroatoms. The summed E-state index contributed by atoms with van der Waals surface area (Å²) < 4.78 is 0. The average molecular weight is 275 g/mol. The number of halogens is 1. The molecule has 1 saturated carbocycles. The summed E-state index contributed by atoms with van der Waals surface area (Å²) in [6, 6.07) is 6.42. The van der Waals surface area contributed by atoms with Crippen LogP contribution >= 0.6 is 11.6 Å². The fraction of sp³-hybridized carbons (Fsp3) is 0.562. The Labute approximate surface area is 119 Å². The van der Waals surface area contributed by atoms with Crippen molar-refractivity contribution in [1.82, 2.24) is 0 Å². The zero-order chi connectivity index (χ0) is 12.9. The van der Waals surface area contributed by atoms with Crippen molar-refractivity contribution in [3.8, 4) is 0 Å². The molecule has 2 heterocycles. The van der Waals surface area contributed by atoms with Gasteiger partial charge in [-0.05, 0) is 43.0 Å². The Morgan fingerprint density at radius 1 is 1.11 bits per heavy atom. The maximum Gasteiger partial charge on any atom is 0.114 e. The minimum Gasteiger partial charge on any atom is -0.329 e. The Kier molecular flexibility index (Phi) is 2.63. The van der Waals surface area contributed by atoms with Crippen molar-refractivity contribution in [1.29, 1.82) is 0 Å². The zero-order valence-corrected chi connectivity index (χ0v) is 11.9. The molecule has 0 bridgehead atoms. The lowest BCUT2D eigenvalue weighted by molar-refractivity contribution is 0.382. The predicted octanol–water partition coefficient (Wildman–Crippen LogP) is 4.16. The quantitative estimate of drug-likeness (QED) is 0.693. The van der Waals surface area contributed by atoms with Gasteiger partial charge in [0.1, 0.15) is 5.84 Å². The van der Waals surface area contributed by atoms with Gasteiger partial charge in [0.15, 0.2) is 0 Å². The molecule has 1 fully saturated rings. The van der Waals surface area contributed by atoms with Crippen LogP contribution in [-0.4, -0.2) is 18.9 Å². The highest BCUT2D eigenvalue weighted by Crippen LogP contribution is 2.51. The van der Waals surface area contributed by atoms with Gasteiger partial charge in [0, 0.05) is 23.8 Å². The molecule has 100 valence electrons. The van der Waals surface area contributed by atoms with Crippen LogP contribution in [0.2, 0.25) is 5.02 Å². The minimum atomic E-state index is 0.179. The van der Waals surface area contributed by atoms with Crippen LogP contribution in [-0.2, 0) is 5.41 Å². The van der Waals surface area contributed by atoms with Crippen LogP contribution in [0.15, 0.2) is 23.2 Å². The SMILES string of the molecule is Clc1ccc2c(c1)C1(CCCCC1)C1=NCCCN12. The number of fused-ring (bicyclic) bond motifs is 5. The lowest BCUT2D eigenvalue weighted by Crippen LogP contribution is -2.44. The number of hydrogen-bond donors (Lipinski definition) is 0. The van der Waals surface area contributed by atoms with Gasteiger partial charge < -0.3 is 4.90 Å². The molecule has 1 aromatic rings. The third-order valence-electron chi connectivity index (χ3n) is 4.96. The molecule has 0 radical (unpaired) electrons. The Hall–Kier alpha value is -1.02. The molecule has 0 aromatic heterocycles. The molecular formula is C16H19ClN2. The van der Waals surface area contributed by atoms with Crippen LogP contribution in [0.25, 0.3) is 0 Å². The summed E-state index contributed by atoms with van der Waals surface area (Å²) in [5.74, 6) is 1.34. The van der Waals surface area contributed by atoms with Gasteiger partial charge in [-0.2, -0.15) is 0 Å². The molecule has 2 nitrogen and oxygen atoms in total. The predicted molar refractivity (Wildman–Crippen MR) is 80.5 cm³/mol. The minimum absolute atomic E-state index is 0.179. The van der Waals surface area contributed by atoms with Crippen LogP contribution < -0.4 is 4.90 Å². The average Bonchev–Trinajstić information content (AvgIpc) is 2.71. The molecule has 0 unspecified atom stereocenters. The molecule has 1 spiro atoms. The van der Waals surface area contributed by atoms with E-state index in [1.165, 1.54) is 55.6 Å². The topological polar surface area (TPSA) is 15.6 Å². The van der Waals surface area contributed by atoms with Crippen LogP contribution in [0.1, 0.15) is 44.1 Å². The van der Waals surface area contributed by atoms with Crippen molar-refractivity contribution >= 4 is 23.1 Å². The van der Waals surface area contributed by atoms with E-state index in [1.54, 1.807) is 0 Å². The second-order valence-electron chi connectivity index (χ2n) is 6.01. The van der Waals surface area contributed by atoms with E-state index in [-0.39, 0.29) is 5.41 Å². The first-order chi connectivity index (χ1) is 9.31.